The predicted molar refractivity (Wildman–Crippen MR) is 84.1 cm³/mol. The molecular formula is C16H19F2N5O. The molecule has 0 N–H and O–H groups in total. The van der Waals surface area contributed by atoms with Crippen molar-refractivity contribution in [1.29, 1.82) is 0 Å². The van der Waals surface area contributed by atoms with Gasteiger partial charge in [-0.15, -0.1) is 0 Å². The molecule has 2 saturated heterocycles. The van der Waals surface area contributed by atoms with Gasteiger partial charge in [-0.1, -0.05) is 0 Å². The number of rotatable bonds is 2. The SMILES string of the molecule is O=C(C1CCN(c2nccn3nccc23)C1)N1CCC(F)(F)CC1. The van der Waals surface area contributed by atoms with E-state index in [4.69, 9.17) is 0 Å². The Morgan fingerprint density at radius 3 is 2.79 bits per heavy atom. The molecule has 8 heteroatoms. The highest BCUT2D eigenvalue weighted by molar-refractivity contribution is 5.81. The average molecular weight is 335 g/mol. The Morgan fingerprint density at radius 1 is 1.21 bits per heavy atom. The second-order valence-corrected chi connectivity index (χ2v) is 6.52. The van der Waals surface area contributed by atoms with Crippen molar-refractivity contribution in [3.05, 3.63) is 24.7 Å². The van der Waals surface area contributed by atoms with E-state index in [1.54, 1.807) is 28.0 Å². The third-order valence-corrected chi connectivity index (χ3v) is 4.95. The number of hydrogen-bond donors (Lipinski definition) is 0. The Bertz CT molecular complexity index is 752. The first-order valence-electron chi connectivity index (χ1n) is 8.23. The number of amides is 1. The van der Waals surface area contributed by atoms with Crippen molar-refractivity contribution in [2.75, 3.05) is 31.1 Å². The highest BCUT2D eigenvalue weighted by Crippen LogP contribution is 2.31. The monoisotopic (exact) mass is 335 g/mol. The molecule has 0 radical (unpaired) electrons. The predicted octanol–water partition coefficient (Wildman–Crippen LogP) is 1.81. The van der Waals surface area contributed by atoms with E-state index in [0.717, 1.165) is 24.3 Å². The van der Waals surface area contributed by atoms with Crippen LogP contribution in [-0.2, 0) is 4.79 Å². The molecule has 0 bridgehead atoms. The first kappa shape index (κ1) is 15.3. The number of fused-ring (bicyclic) bond motifs is 1. The number of carbonyl (C=O) groups excluding carboxylic acids is 1. The molecule has 2 fully saturated rings. The van der Waals surface area contributed by atoms with E-state index in [9.17, 15) is 13.6 Å². The molecular weight excluding hydrogens is 316 g/mol. The maximum Gasteiger partial charge on any atom is 0.251 e. The first-order chi connectivity index (χ1) is 11.5. The zero-order chi connectivity index (χ0) is 16.7. The van der Waals surface area contributed by atoms with Crippen LogP contribution in [0.15, 0.2) is 24.7 Å². The summed E-state index contributed by atoms with van der Waals surface area (Å²) in [6, 6.07) is 1.89. The van der Waals surface area contributed by atoms with E-state index in [1.165, 1.54) is 0 Å². The third kappa shape index (κ3) is 2.70. The number of aromatic nitrogens is 3. The maximum absolute atomic E-state index is 13.3. The van der Waals surface area contributed by atoms with Crippen LogP contribution in [0.2, 0.25) is 0 Å². The number of likely N-dealkylation sites (tertiary alicyclic amines) is 1. The molecule has 1 unspecified atom stereocenters. The fourth-order valence-corrected chi connectivity index (χ4v) is 3.55. The van der Waals surface area contributed by atoms with Crippen LogP contribution in [0.5, 0.6) is 0 Å². The average Bonchev–Trinajstić information content (AvgIpc) is 3.23. The molecule has 0 aliphatic carbocycles. The fourth-order valence-electron chi connectivity index (χ4n) is 3.55. The molecule has 2 aliphatic rings. The Morgan fingerprint density at radius 2 is 2.00 bits per heavy atom. The molecule has 1 atom stereocenters. The van der Waals surface area contributed by atoms with Crippen LogP contribution in [0.4, 0.5) is 14.6 Å². The molecule has 2 aromatic heterocycles. The molecule has 1 amide bonds. The lowest BCUT2D eigenvalue weighted by Crippen LogP contribution is -2.45. The lowest BCUT2D eigenvalue weighted by Gasteiger charge is -2.33. The van der Waals surface area contributed by atoms with Crippen LogP contribution in [0.25, 0.3) is 5.52 Å². The normalized spacial score (nSPS) is 23.8. The number of alkyl halides is 2. The molecule has 4 heterocycles. The van der Waals surface area contributed by atoms with Crippen LogP contribution < -0.4 is 4.90 Å². The van der Waals surface area contributed by atoms with Gasteiger partial charge in [0.15, 0.2) is 5.82 Å². The van der Waals surface area contributed by atoms with E-state index in [-0.39, 0.29) is 37.8 Å². The van der Waals surface area contributed by atoms with Gasteiger partial charge >= 0.3 is 0 Å². The van der Waals surface area contributed by atoms with Gasteiger partial charge in [-0.3, -0.25) is 4.79 Å². The minimum atomic E-state index is -2.62. The minimum Gasteiger partial charge on any atom is -0.354 e. The number of nitrogens with zero attached hydrogens (tertiary/aromatic N) is 5. The summed E-state index contributed by atoms with van der Waals surface area (Å²) in [5.74, 6) is -1.97. The zero-order valence-corrected chi connectivity index (χ0v) is 13.2. The number of piperidine rings is 1. The summed E-state index contributed by atoms with van der Waals surface area (Å²) in [4.78, 5) is 20.7. The third-order valence-electron chi connectivity index (χ3n) is 4.95. The molecule has 2 aliphatic heterocycles. The summed E-state index contributed by atoms with van der Waals surface area (Å²) >= 11 is 0. The van der Waals surface area contributed by atoms with E-state index < -0.39 is 5.92 Å². The number of carbonyl (C=O) groups is 1. The van der Waals surface area contributed by atoms with Gasteiger partial charge in [-0.05, 0) is 12.5 Å². The lowest BCUT2D eigenvalue weighted by atomic mass is 10.0. The molecule has 4 rings (SSSR count). The van der Waals surface area contributed by atoms with Crippen LogP contribution >= 0.6 is 0 Å². The van der Waals surface area contributed by atoms with Gasteiger partial charge in [-0.25, -0.2) is 18.3 Å². The summed E-state index contributed by atoms with van der Waals surface area (Å²) < 4.78 is 28.3. The van der Waals surface area contributed by atoms with Crippen LogP contribution in [-0.4, -0.2) is 57.5 Å². The summed E-state index contributed by atoms with van der Waals surface area (Å²) in [7, 11) is 0. The van der Waals surface area contributed by atoms with Crippen molar-refractivity contribution in [2.45, 2.75) is 25.2 Å². The van der Waals surface area contributed by atoms with Crippen molar-refractivity contribution >= 4 is 17.2 Å². The van der Waals surface area contributed by atoms with Gasteiger partial charge in [-0.2, -0.15) is 5.10 Å². The molecule has 6 nitrogen and oxygen atoms in total. The first-order valence-corrected chi connectivity index (χ1v) is 8.23. The second-order valence-electron chi connectivity index (χ2n) is 6.52. The number of anilines is 1. The highest BCUT2D eigenvalue weighted by atomic mass is 19.3. The van der Waals surface area contributed by atoms with E-state index in [1.807, 2.05) is 6.07 Å². The Labute approximate surface area is 138 Å². The van der Waals surface area contributed by atoms with Crippen molar-refractivity contribution in [2.24, 2.45) is 5.92 Å². The Kier molecular flexibility index (Phi) is 3.62. The molecule has 24 heavy (non-hydrogen) atoms. The standard InChI is InChI=1S/C16H19F2N5O/c17-16(18)3-8-21(9-4-16)15(24)12-2-7-22(11-12)14-13-1-5-20-23(13)10-6-19-14/h1,5-6,10,12H,2-4,7-9,11H2. The number of halogens is 2. The summed E-state index contributed by atoms with van der Waals surface area (Å²) in [6.07, 6.45) is 5.45. The van der Waals surface area contributed by atoms with Gasteiger partial charge in [0.1, 0.15) is 5.52 Å². The zero-order valence-electron chi connectivity index (χ0n) is 13.2. The van der Waals surface area contributed by atoms with Gasteiger partial charge < -0.3 is 9.80 Å². The highest BCUT2D eigenvalue weighted by Gasteiger charge is 2.39. The lowest BCUT2D eigenvalue weighted by molar-refractivity contribution is -0.140. The minimum absolute atomic E-state index is 0.00606. The van der Waals surface area contributed by atoms with Gasteiger partial charge in [0.2, 0.25) is 5.91 Å². The topological polar surface area (TPSA) is 53.7 Å². The van der Waals surface area contributed by atoms with E-state index in [0.29, 0.717) is 6.54 Å². The van der Waals surface area contributed by atoms with Gasteiger partial charge in [0.25, 0.3) is 5.92 Å². The van der Waals surface area contributed by atoms with Crippen molar-refractivity contribution in [1.82, 2.24) is 19.5 Å². The van der Waals surface area contributed by atoms with Crippen LogP contribution in [0.1, 0.15) is 19.3 Å². The largest absolute Gasteiger partial charge is 0.354 e. The second kappa shape index (κ2) is 5.68. The fraction of sp³-hybridized carbons (Fsp3) is 0.562. The molecule has 2 aromatic rings. The molecule has 0 spiro atoms. The Hall–Kier alpha value is -2.25. The van der Waals surface area contributed by atoms with Gasteiger partial charge in [0, 0.05) is 51.4 Å². The van der Waals surface area contributed by atoms with Crippen LogP contribution in [0, 0.1) is 5.92 Å². The van der Waals surface area contributed by atoms with E-state index >= 15 is 0 Å². The Balaban J connectivity index is 1.45. The van der Waals surface area contributed by atoms with Gasteiger partial charge in [0.05, 0.1) is 12.1 Å². The quantitative estimate of drug-likeness (QED) is 0.840. The van der Waals surface area contributed by atoms with Crippen molar-refractivity contribution < 1.29 is 13.6 Å². The summed E-state index contributed by atoms with van der Waals surface area (Å²) in [5, 5.41) is 4.20. The smallest absolute Gasteiger partial charge is 0.251 e. The van der Waals surface area contributed by atoms with Crippen LogP contribution in [0.3, 0.4) is 0 Å². The number of hydrogen-bond acceptors (Lipinski definition) is 4. The molecule has 128 valence electrons. The maximum atomic E-state index is 13.3. The summed E-state index contributed by atoms with van der Waals surface area (Å²) in [6.45, 7) is 1.61. The van der Waals surface area contributed by atoms with Crippen molar-refractivity contribution in [3.8, 4) is 0 Å². The molecule has 0 aromatic carbocycles. The van der Waals surface area contributed by atoms with E-state index in [2.05, 4.69) is 15.0 Å². The molecule has 0 saturated carbocycles. The van der Waals surface area contributed by atoms with Crippen molar-refractivity contribution in [3.63, 3.8) is 0 Å². The summed E-state index contributed by atoms with van der Waals surface area (Å²) in [5.41, 5.74) is 0.906.